The number of halogens is 2. The Balaban J connectivity index is 2.62. The van der Waals surface area contributed by atoms with E-state index in [2.05, 4.69) is 42.2 Å². The number of rotatable bonds is 16. The van der Waals surface area contributed by atoms with E-state index in [1.54, 1.807) is 0 Å². The number of aliphatic imine (C=N–C) groups is 1. The number of carbonyl (C=O) groups excluding carboxylic acids is 8. The topological polar surface area (TPSA) is 337 Å². The predicted octanol–water partition coefficient (Wildman–Crippen LogP) is -2.80. The van der Waals surface area contributed by atoms with Crippen molar-refractivity contribution in [2.24, 2.45) is 27.9 Å². The zero-order valence-corrected chi connectivity index (χ0v) is 33.4. The Hall–Kier alpha value is -5.93. The van der Waals surface area contributed by atoms with E-state index >= 15 is 0 Å². The summed E-state index contributed by atoms with van der Waals surface area (Å²) in [5.41, 5.74) is 22.2. The van der Waals surface area contributed by atoms with Crippen molar-refractivity contribution in [3.8, 4) is 0 Å². The summed E-state index contributed by atoms with van der Waals surface area (Å²) in [6.07, 6.45) is 0.450. The fraction of sp³-hybridized carbons (Fsp3) is 0.595. The van der Waals surface area contributed by atoms with E-state index in [1.807, 2.05) is 6.92 Å². The van der Waals surface area contributed by atoms with E-state index < -0.39 is 102 Å². The second-order valence-corrected chi connectivity index (χ2v) is 14.1. The Bertz CT molecular complexity index is 1680. The number of unbranched alkanes of at least 4 members (excludes halogenated alkanes) is 1. The standard InChI is InChI=1S/C37H58F2N12O8/c1-3-4-7-25(46-20(2)52)32(55)50-28-12-13-30(53)44-17-14-24(31(41)54)47-33(56)27(9-6-16-45-37(42)43)49-36(59)29(19-21-10-11-22(38)23(39)18-21)51-34(57)26(8-5-15-40)48-35(28)58/h10-11,18,24-29H,3-9,12-17,19,40H2,1-2H3,(H2,41,54)(H,44,53)(H,46,52)(H,47,56)(H,48,58)(H,49,59)(H,50,55)(H,51,57)(H4,42,43,45). The average molecular weight is 837 g/mol. The minimum Gasteiger partial charge on any atom is -0.370 e. The number of nitrogens with zero attached hydrogens (tertiary/aromatic N) is 1. The molecular formula is C37H58F2N12O8. The molecule has 15 N–H and O–H groups in total. The van der Waals surface area contributed by atoms with Gasteiger partial charge in [-0.2, -0.15) is 0 Å². The van der Waals surface area contributed by atoms with Crippen molar-refractivity contribution in [3.63, 3.8) is 0 Å². The first-order chi connectivity index (χ1) is 27.9. The van der Waals surface area contributed by atoms with Crippen LogP contribution < -0.4 is 60.2 Å². The molecule has 0 spiro atoms. The first-order valence-electron chi connectivity index (χ1n) is 19.5. The van der Waals surface area contributed by atoms with Crippen LogP contribution in [0.25, 0.3) is 0 Å². The molecular weight excluding hydrogens is 778 g/mol. The number of carbonyl (C=O) groups is 8. The first kappa shape index (κ1) is 49.2. The first-order valence-corrected chi connectivity index (χ1v) is 19.5. The fourth-order valence-electron chi connectivity index (χ4n) is 6.03. The zero-order chi connectivity index (χ0) is 44.1. The van der Waals surface area contributed by atoms with Crippen molar-refractivity contribution in [1.82, 2.24) is 37.2 Å². The lowest BCUT2D eigenvalue weighted by molar-refractivity contribution is -0.135. The van der Waals surface area contributed by atoms with E-state index in [1.165, 1.54) is 13.0 Å². The molecule has 0 bridgehead atoms. The highest BCUT2D eigenvalue weighted by atomic mass is 19.2. The SMILES string of the molecule is CCCCC(NC(C)=O)C(=O)NC1CCC(=O)NCCC(C(N)=O)NC(=O)C(CCCN=C(N)N)NC(=O)C(Cc2ccc(F)c(F)c2)NC(=O)C(CCCN)NC1=O. The lowest BCUT2D eigenvalue weighted by Crippen LogP contribution is -2.60. The number of nitrogens with two attached hydrogens (primary N) is 4. The summed E-state index contributed by atoms with van der Waals surface area (Å²) in [4.78, 5) is 110. The third-order valence-corrected chi connectivity index (χ3v) is 9.21. The number of hydrogen-bond donors (Lipinski definition) is 11. The number of primary amides is 1. The normalized spacial score (nSPS) is 21.7. The lowest BCUT2D eigenvalue weighted by atomic mass is 10.0. The molecule has 1 aromatic carbocycles. The maximum absolute atomic E-state index is 14.3. The molecule has 1 aliphatic heterocycles. The number of nitrogens with one attached hydrogen (secondary N) is 7. The molecule has 20 nitrogen and oxygen atoms in total. The summed E-state index contributed by atoms with van der Waals surface area (Å²) >= 11 is 0. The van der Waals surface area contributed by atoms with Crippen molar-refractivity contribution < 1.29 is 47.1 Å². The van der Waals surface area contributed by atoms with Gasteiger partial charge in [-0.25, -0.2) is 8.78 Å². The molecule has 22 heteroatoms. The number of amides is 8. The van der Waals surface area contributed by atoms with Gasteiger partial charge in [0.25, 0.3) is 0 Å². The molecule has 2 rings (SSSR count). The van der Waals surface area contributed by atoms with Crippen LogP contribution in [0, 0.1) is 11.6 Å². The monoisotopic (exact) mass is 836 g/mol. The molecule has 1 fully saturated rings. The molecule has 59 heavy (non-hydrogen) atoms. The van der Waals surface area contributed by atoms with E-state index in [0.717, 1.165) is 12.1 Å². The largest absolute Gasteiger partial charge is 0.370 e. The summed E-state index contributed by atoms with van der Waals surface area (Å²) in [6.45, 7) is 3.06. The fourth-order valence-corrected chi connectivity index (χ4v) is 6.03. The molecule has 1 aliphatic rings. The van der Waals surface area contributed by atoms with E-state index in [0.29, 0.717) is 12.8 Å². The number of benzene rings is 1. The van der Waals surface area contributed by atoms with Gasteiger partial charge in [0, 0.05) is 32.9 Å². The van der Waals surface area contributed by atoms with Crippen molar-refractivity contribution >= 4 is 53.2 Å². The average Bonchev–Trinajstić information content (AvgIpc) is 3.17. The van der Waals surface area contributed by atoms with Crippen LogP contribution >= 0.6 is 0 Å². The van der Waals surface area contributed by atoms with Gasteiger partial charge >= 0.3 is 0 Å². The van der Waals surface area contributed by atoms with Crippen LogP contribution in [-0.2, 0) is 44.8 Å². The van der Waals surface area contributed by atoms with E-state index in [-0.39, 0.29) is 82.5 Å². The van der Waals surface area contributed by atoms with Gasteiger partial charge in [-0.1, -0.05) is 25.8 Å². The Morgan fingerprint density at radius 1 is 0.847 bits per heavy atom. The summed E-state index contributed by atoms with van der Waals surface area (Å²) in [6, 6.07) is -5.27. The highest BCUT2D eigenvalue weighted by Crippen LogP contribution is 2.13. The number of guanidine groups is 1. The molecule has 0 aliphatic carbocycles. The van der Waals surface area contributed by atoms with Gasteiger partial charge in [-0.15, -0.1) is 0 Å². The van der Waals surface area contributed by atoms with Gasteiger partial charge in [0.15, 0.2) is 17.6 Å². The summed E-state index contributed by atoms with van der Waals surface area (Å²) in [5, 5.41) is 17.8. The van der Waals surface area contributed by atoms with Crippen LogP contribution in [0.15, 0.2) is 23.2 Å². The quantitative estimate of drug-likeness (QED) is 0.0459. The molecule has 1 saturated heterocycles. The van der Waals surface area contributed by atoms with Crippen LogP contribution in [0.1, 0.15) is 83.6 Å². The van der Waals surface area contributed by atoms with Crippen molar-refractivity contribution in [1.29, 1.82) is 0 Å². The molecule has 8 amide bonds. The van der Waals surface area contributed by atoms with E-state index in [9.17, 15) is 47.1 Å². The van der Waals surface area contributed by atoms with Gasteiger partial charge in [0.2, 0.25) is 47.3 Å². The molecule has 1 aromatic rings. The minimum atomic E-state index is -1.57. The van der Waals surface area contributed by atoms with Crippen LogP contribution in [0.2, 0.25) is 0 Å². The Kier molecular flexibility index (Phi) is 21.2. The van der Waals surface area contributed by atoms with Crippen molar-refractivity contribution in [2.75, 3.05) is 19.6 Å². The van der Waals surface area contributed by atoms with Crippen molar-refractivity contribution in [2.45, 2.75) is 121 Å². The molecule has 328 valence electrons. The molecule has 0 aromatic heterocycles. The number of hydrogen-bond acceptors (Lipinski definition) is 10. The zero-order valence-electron chi connectivity index (χ0n) is 33.4. The molecule has 0 radical (unpaired) electrons. The van der Waals surface area contributed by atoms with E-state index in [4.69, 9.17) is 22.9 Å². The summed E-state index contributed by atoms with van der Waals surface area (Å²) < 4.78 is 28.2. The Morgan fingerprint density at radius 2 is 1.47 bits per heavy atom. The molecule has 6 atom stereocenters. The smallest absolute Gasteiger partial charge is 0.243 e. The van der Waals surface area contributed by atoms with Crippen molar-refractivity contribution in [3.05, 3.63) is 35.4 Å². The van der Waals surface area contributed by atoms with Gasteiger partial charge < -0.3 is 60.2 Å². The van der Waals surface area contributed by atoms with Gasteiger partial charge in [0.05, 0.1) is 0 Å². The molecule has 0 saturated carbocycles. The third-order valence-electron chi connectivity index (χ3n) is 9.21. The second-order valence-electron chi connectivity index (χ2n) is 14.1. The highest BCUT2D eigenvalue weighted by molar-refractivity contribution is 5.97. The lowest BCUT2D eigenvalue weighted by Gasteiger charge is -2.27. The van der Waals surface area contributed by atoms with Crippen LogP contribution in [0.3, 0.4) is 0 Å². The maximum atomic E-state index is 14.3. The highest BCUT2D eigenvalue weighted by Gasteiger charge is 2.34. The summed E-state index contributed by atoms with van der Waals surface area (Å²) in [5.74, 6) is -9.03. The maximum Gasteiger partial charge on any atom is 0.243 e. The van der Waals surface area contributed by atoms with Gasteiger partial charge in [-0.05, 0) is 69.2 Å². The third kappa shape index (κ3) is 18.0. The molecule has 1 heterocycles. The minimum absolute atomic E-state index is 0.0406. The Morgan fingerprint density at radius 3 is 2.08 bits per heavy atom. The molecule has 6 unspecified atom stereocenters. The van der Waals surface area contributed by atoms with Gasteiger partial charge in [0.1, 0.15) is 36.3 Å². The predicted molar refractivity (Wildman–Crippen MR) is 211 cm³/mol. The van der Waals surface area contributed by atoms with Gasteiger partial charge in [-0.3, -0.25) is 43.3 Å². The summed E-state index contributed by atoms with van der Waals surface area (Å²) in [7, 11) is 0. The second kappa shape index (κ2) is 25.4. The van der Waals surface area contributed by atoms with Crippen LogP contribution in [-0.4, -0.2) is 109 Å². The van der Waals surface area contributed by atoms with Crippen LogP contribution in [0.5, 0.6) is 0 Å². The Labute approximate surface area is 340 Å². The van der Waals surface area contributed by atoms with Crippen LogP contribution in [0.4, 0.5) is 8.78 Å².